The summed E-state index contributed by atoms with van der Waals surface area (Å²) in [5.74, 6) is 0.0256. The number of Topliss-reactive ketones (excluding diaryl/α,β-unsaturated/α-hetero) is 1. The number of hydrogen-bond donors (Lipinski definition) is 2. The van der Waals surface area contributed by atoms with Gasteiger partial charge in [-0.05, 0) is 52.4 Å². The van der Waals surface area contributed by atoms with Crippen molar-refractivity contribution in [3.63, 3.8) is 0 Å². The molecule has 2 fully saturated rings. The lowest BCUT2D eigenvalue weighted by atomic mass is 10.0. The second-order valence-electron chi connectivity index (χ2n) is 9.46. The highest BCUT2D eigenvalue weighted by atomic mass is 79.9. The number of anilines is 2. The molecule has 1 saturated heterocycles. The predicted octanol–water partition coefficient (Wildman–Crippen LogP) is 2.46. The highest BCUT2D eigenvalue weighted by Gasteiger charge is 2.56. The van der Waals surface area contributed by atoms with Crippen molar-refractivity contribution < 1.29 is 14.4 Å². The number of rotatable bonds is 6. The first-order chi connectivity index (χ1) is 18.3. The number of fused-ring (bicyclic) bond motifs is 2. The summed E-state index contributed by atoms with van der Waals surface area (Å²) in [5.41, 5.74) is 8.03. The van der Waals surface area contributed by atoms with E-state index in [2.05, 4.69) is 46.3 Å². The maximum Gasteiger partial charge on any atom is 0.248 e. The molecule has 12 nitrogen and oxygen atoms in total. The standard InChI is InChI=1S/C25H22BrN9O3/c1-12(36)23-16-4-13(15-7-29-25(27)30-8-15)2-3-17(16)34(33-23)11-22(37)35-18-5-14(18)6-19(35)24(38)32-21-10-28-9-20(26)31-21/h2-4,7-10,14,18-19H,5-6,11H2,1H3,(H2,27,29,30)(H,31,32,38)/t14-,18+,19-/m0/s1. The van der Waals surface area contributed by atoms with E-state index in [9.17, 15) is 14.4 Å². The van der Waals surface area contributed by atoms with Crippen LogP contribution in [0.3, 0.4) is 0 Å². The van der Waals surface area contributed by atoms with Gasteiger partial charge < -0.3 is 16.0 Å². The van der Waals surface area contributed by atoms with Crippen LogP contribution in [0.5, 0.6) is 0 Å². The van der Waals surface area contributed by atoms with Gasteiger partial charge in [-0.25, -0.2) is 15.0 Å². The highest BCUT2D eigenvalue weighted by Crippen LogP contribution is 2.48. The molecule has 38 heavy (non-hydrogen) atoms. The van der Waals surface area contributed by atoms with E-state index in [1.165, 1.54) is 24.0 Å². The Balaban J connectivity index is 1.27. The van der Waals surface area contributed by atoms with E-state index < -0.39 is 6.04 Å². The number of nitrogens with one attached hydrogen (secondary N) is 1. The van der Waals surface area contributed by atoms with Crippen LogP contribution in [0.25, 0.3) is 22.0 Å². The summed E-state index contributed by atoms with van der Waals surface area (Å²) in [6.45, 7) is 1.34. The Morgan fingerprint density at radius 2 is 1.89 bits per heavy atom. The Hall–Kier alpha value is -4.26. The van der Waals surface area contributed by atoms with E-state index in [0.29, 0.717) is 33.7 Å². The quantitative estimate of drug-likeness (QED) is 0.329. The van der Waals surface area contributed by atoms with Gasteiger partial charge in [-0.15, -0.1) is 0 Å². The van der Waals surface area contributed by atoms with Crippen LogP contribution in [0, 0.1) is 5.92 Å². The number of nitrogens with two attached hydrogens (primary N) is 1. The molecule has 192 valence electrons. The Morgan fingerprint density at radius 1 is 1.11 bits per heavy atom. The first kappa shape index (κ1) is 24.1. The summed E-state index contributed by atoms with van der Waals surface area (Å²) in [4.78, 5) is 57.0. The fraction of sp³-hybridized carbons (Fsp3) is 0.280. The van der Waals surface area contributed by atoms with Gasteiger partial charge in [0.25, 0.3) is 0 Å². The van der Waals surface area contributed by atoms with Crippen LogP contribution in [0.15, 0.2) is 47.6 Å². The number of carbonyl (C=O) groups is 3. The molecule has 1 aromatic carbocycles. The number of piperidine rings is 1. The summed E-state index contributed by atoms with van der Waals surface area (Å²) in [7, 11) is 0. The third-order valence-electron chi connectivity index (χ3n) is 6.93. The fourth-order valence-electron chi connectivity index (χ4n) is 5.10. The zero-order valence-corrected chi connectivity index (χ0v) is 21.8. The van der Waals surface area contributed by atoms with Crippen LogP contribution in [-0.4, -0.2) is 64.3 Å². The zero-order valence-electron chi connectivity index (χ0n) is 20.2. The minimum atomic E-state index is -0.613. The van der Waals surface area contributed by atoms with Gasteiger partial charge in [-0.3, -0.25) is 24.0 Å². The predicted molar refractivity (Wildman–Crippen MR) is 141 cm³/mol. The van der Waals surface area contributed by atoms with Crippen molar-refractivity contribution in [2.24, 2.45) is 5.92 Å². The molecular formula is C25H22BrN9O3. The van der Waals surface area contributed by atoms with Gasteiger partial charge in [0.1, 0.15) is 22.9 Å². The third kappa shape index (κ3) is 4.38. The minimum Gasteiger partial charge on any atom is -0.368 e. The molecule has 2 aliphatic rings. The van der Waals surface area contributed by atoms with Gasteiger partial charge in [0.05, 0.1) is 17.9 Å². The second-order valence-corrected chi connectivity index (χ2v) is 10.3. The molecule has 1 saturated carbocycles. The number of aromatic nitrogens is 6. The van der Waals surface area contributed by atoms with Crippen LogP contribution in [-0.2, 0) is 16.1 Å². The Labute approximate surface area is 224 Å². The summed E-state index contributed by atoms with van der Waals surface area (Å²) in [5, 5.41) is 7.86. The fourth-order valence-corrected chi connectivity index (χ4v) is 5.41. The van der Waals surface area contributed by atoms with Crippen molar-refractivity contribution in [3.8, 4) is 11.1 Å². The van der Waals surface area contributed by atoms with Crippen LogP contribution >= 0.6 is 15.9 Å². The molecule has 4 heterocycles. The van der Waals surface area contributed by atoms with Gasteiger partial charge in [0.2, 0.25) is 17.8 Å². The number of likely N-dealkylation sites (tertiary alicyclic amines) is 1. The molecular weight excluding hydrogens is 554 g/mol. The molecule has 3 atom stereocenters. The number of carbonyl (C=O) groups excluding carboxylic acids is 3. The van der Waals surface area contributed by atoms with E-state index in [1.807, 2.05) is 18.2 Å². The lowest BCUT2D eigenvalue weighted by Crippen LogP contribution is -2.46. The van der Waals surface area contributed by atoms with Crippen LogP contribution in [0.1, 0.15) is 30.3 Å². The van der Waals surface area contributed by atoms with Crippen molar-refractivity contribution in [2.75, 3.05) is 11.1 Å². The SMILES string of the molecule is CC(=O)c1nn(CC(=O)N2[C@@H]3C[C@H]3C[C@H]2C(=O)Nc2cncc(Br)n2)c2ccc(-c3cnc(N)nc3)cc12. The molecule has 0 bridgehead atoms. The monoisotopic (exact) mass is 575 g/mol. The summed E-state index contributed by atoms with van der Waals surface area (Å²) in [6, 6.07) is 4.91. The molecule has 3 aromatic heterocycles. The first-order valence-electron chi connectivity index (χ1n) is 12.0. The minimum absolute atomic E-state index is 0.0260. The average Bonchev–Trinajstić information content (AvgIpc) is 3.39. The van der Waals surface area contributed by atoms with Gasteiger partial charge in [-0.2, -0.15) is 5.10 Å². The van der Waals surface area contributed by atoms with Crippen LogP contribution in [0.4, 0.5) is 11.8 Å². The number of ketones is 1. The summed E-state index contributed by atoms with van der Waals surface area (Å²) in [6.07, 6.45) is 7.65. The lowest BCUT2D eigenvalue weighted by Gasteiger charge is -2.26. The van der Waals surface area contributed by atoms with Crippen molar-refractivity contribution >= 4 is 56.2 Å². The van der Waals surface area contributed by atoms with Crippen LogP contribution < -0.4 is 11.1 Å². The van der Waals surface area contributed by atoms with E-state index in [-0.39, 0.29) is 41.8 Å². The molecule has 13 heteroatoms. The van der Waals surface area contributed by atoms with Gasteiger partial charge >= 0.3 is 0 Å². The molecule has 0 radical (unpaired) electrons. The number of nitrogens with zero attached hydrogens (tertiary/aromatic N) is 7. The number of halogens is 1. The van der Waals surface area contributed by atoms with E-state index in [4.69, 9.17) is 5.73 Å². The first-order valence-corrected chi connectivity index (χ1v) is 12.8. The number of amides is 2. The van der Waals surface area contributed by atoms with Crippen molar-refractivity contribution in [2.45, 2.75) is 38.4 Å². The number of hydrogen-bond acceptors (Lipinski definition) is 9. The van der Waals surface area contributed by atoms with E-state index in [0.717, 1.165) is 17.5 Å². The molecule has 6 rings (SSSR count). The maximum atomic E-state index is 13.6. The van der Waals surface area contributed by atoms with Gasteiger partial charge in [0.15, 0.2) is 11.6 Å². The van der Waals surface area contributed by atoms with Crippen LogP contribution in [0.2, 0.25) is 0 Å². The molecule has 3 N–H and O–H groups in total. The van der Waals surface area contributed by atoms with Crippen molar-refractivity contribution in [1.82, 2.24) is 34.6 Å². The number of nitrogen functional groups attached to an aromatic ring is 1. The molecule has 0 unspecified atom stereocenters. The lowest BCUT2D eigenvalue weighted by molar-refractivity contribution is -0.138. The van der Waals surface area contributed by atoms with E-state index >= 15 is 0 Å². The molecule has 4 aromatic rings. The topological polar surface area (TPSA) is 162 Å². The van der Waals surface area contributed by atoms with Crippen molar-refractivity contribution in [1.29, 1.82) is 0 Å². The highest BCUT2D eigenvalue weighted by molar-refractivity contribution is 9.10. The average molecular weight is 576 g/mol. The Morgan fingerprint density at radius 3 is 2.63 bits per heavy atom. The maximum absolute atomic E-state index is 13.6. The summed E-state index contributed by atoms with van der Waals surface area (Å²) < 4.78 is 2.03. The Bertz CT molecular complexity index is 1600. The Kier molecular flexibility index (Phi) is 5.86. The molecule has 1 aliphatic carbocycles. The number of benzene rings is 1. The summed E-state index contributed by atoms with van der Waals surface area (Å²) >= 11 is 3.24. The van der Waals surface area contributed by atoms with Gasteiger partial charge in [-0.1, -0.05) is 6.07 Å². The largest absolute Gasteiger partial charge is 0.368 e. The second kappa shape index (κ2) is 9.24. The molecule has 2 amide bonds. The van der Waals surface area contributed by atoms with E-state index in [1.54, 1.807) is 17.3 Å². The third-order valence-corrected chi connectivity index (χ3v) is 7.31. The van der Waals surface area contributed by atoms with Gasteiger partial charge in [0, 0.05) is 36.3 Å². The smallest absolute Gasteiger partial charge is 0.248 e. The molecule has 1 aliphatic heterocycles. The normalized spacial score (nSPS) is 19.8. The van der Waals surface area contributed by atoms with Crippen molar-refractivity contribution in [3.05, 3.63) is 53.3 Å². The zero-order chi connectivity index (χ0) is 26.6. The molecule has 0 spiro atoms.